The van der Waals surface area contributed by atoms with Gasteiger partial charge >= 0.3 is 0 Å². The summed E-state index contributed by atoms with van der Waals surface area (Å²) >= 11 is 0. The molecule has 1 aliphatic heterocycles. The van der Waals surface area contributed by atoms with Crippen LogP contribution in [0.3, 0.4) is 0 Å². The molecule has 2 rings (SSSR count). The average molecular weight is 291 g/mol. The van der Waals surface area contributed by atoms with E-state index in [9.17, 15) is 9.59 Å². The van der Waals surface area contributed by atoms with E-state index >= 15 is 0 Å². The van der Waals surface area contributed by atoms with Gasteiger partial charge in [-0.15, -0.1) is 0 Å². The highest BCUT2D eigenvalue weighted by Gasteiger charge is 2.11. The van der Waals surface area contributed by atoms with E-state index in [0.29, 0.717) is 12.1 Å². The summed E-state index contributed by atoms with van der Waals surface area (Å²) < 4.78 is 5.26. The molecule has 0 radical (unpaired) electrons. The fourth-order valence-corrected chi connectivity index (χ4v) is 2.17. The first-order chi connectivity index (χ1) is 10.3. The second kappa shape index (κ2) is 8.49. The lowest BCUT2D eigenvalue weighted by Gasteiger charge is -2.26. The minimum atomic E-state index is -0.0829. The van der Waals surface area contributed by atoms with Crippen LogP contribution in [0, 0.1) is 0 Å². The number of ketones is 1. The molecule has 6 heteroatoms. The Kier molecular flexibility index (Phi) is 6.30. The normalized spacial score (nSPS) is 15.6. The van der Waals surface area contributed by atoms with Crippen LogP contribution in [0.25, 0.3) is 0 Å². The molecule has 0 atom stereocenters. The third-order valence-electron chi connectivity index (χ3n) is 3.42. The van der Waals surface area contributed by atoms with Gasteiger partial charge in [0.2, 0.25) is 5.91 Å². The Balaban J connectivity index is 1.60. The van der Waals surface area contributed by atoms with Gasteiger partial charge in [-0.25, -0.2) is 0 Å². The van der Waals surface area contributed by atoms with E-state index in [1.165, 1.54) is 6.20 Å². The number of hydrogen-bond acceptors (Lipinski definition) is 5. The van der Waals surface area contributed by atoms with E-state index < -0.39 is 0 Å². The van der Waals surface area contributed by atoms with Crippen molar-refractivity contribution in [1.82, 2.24) is 15.2 Å². The molecular weight excluding hydrogens is 270 g/mol. The molecule has 114 valence electrons. The van der Waals surface area contributed by atoms with Crippen molar-refractivity contribution in [3.05, 3.63) is 30.1 Å². The first-order valence-electron chi connectivity index (χ1n) is 7.26. The zero-order valence-electron chi connectivity index (χ0n) is 12.1. The van der Waals surface area contributed by atoms with Crippen LogP contribution < -0.4 is 5.32 Å². The SMILES string of the molecule is O=C(CCC(=O)c1cccnc1)NCCN1CCOCC1. The summed E-state index contributed by atoms with van der Waals surface area (Å²) in [6, 6.07) is 3.43. The van der Waals surface area contributed by atoms with Crippen LogP contribution in [0.5, 0.6) is 0 Å². The van der Waals surface area contributed by atoms with E-state index in [4.69, 9.17) is 4.74 Å². The standard InChI is InChI=1S/C15H21N3O3/c19-14(13-2-1-5-16-12-13)3-4-15(20)17-6-7-18-8-10-21-11-9-18/h1-2,5,12H,3-4,6-11H2,(H,17,20). The molecule has 0 saturated carbocycles. The van der Waals surface area contributed by atoms with Crippen LogP contribution in [0.15, 0.2) is 24.5 Å². The third-order valence-corrected chi connectivity index (χ3v) is 3.42. The predicted molar refractivity (Wildman–Crippen MR) is 78.1 cm³/mol. The van der Waals surface area contributed by atoms with Crippen molar-refractivity contribution in [2.24, 2.45) is 0 Å². The molecule has 6 nitrogen and oxygen atoms in total. The van der Waals surface area contributed by atoms with Crippen molar-refractivity contribution in [1.29, 1.82) is 0 Å². The maximum absolute atomic E-state index is 11.8. The summed E-state index contributed by atoms with van der Waals surface area (Å²) in [4.78, 5) is 29.7. The number of nitrogens with one attached hydrogen (secondary N) is 1. The monoisotopic (exact) mass is 291 g/mol. The molecule has 1 N–H and O–H groups in total. The molecule has 0 aliphatic carbocycles. The average Bonchev–Trinajstić information content (AvgIpc) is 2.54. The number of aromatic nitrogens is 1. The van der Waals surface area contributed by atoms with Crippen molar-refractivity contribution >= 4 is 11.7 Å². The molecule has 1 saturated heterocycles. The molecule has 1 fully saturated rings. The molecule has 0 bridgehead atoms. The van der Waals surface area contributed by atoms with Gasteiger partial charge in [0, 0.05) is 57.0 Å². The van der Waals surface area contributed by atoms with Crippen LogP contribution in [-0.2, 0) is 9.53 Å². The maximum atomic E-state index is 11.8. The Bertz CT molecular complexity index is 458. The Morgan fingerprint density at radius 2 is 2.10 bits per heavy atom. The summed E-state index contributed by atoms with van der Waals surface area (Å²) in [6.45, 7) is 4.78. The van der Waals surface area contributed by atoms with E-state index in [-0.39, 0.29) is 24.5 Å². The van der Waals surface area contributed by atoms with Gasteiger partial charge in [0.1, 0.15) is 0 Å². The number of rotatable bonds is 7. The van der Waals surface area contributed by atoms with Crippen molar-refractivity contribution < 1.29 is 14.3 Å². The molecule has 2 heterocycles. The van der Waals surface area contributed by atoms with E-state index in [1.807, 2.05) is 0 Å². The highest BCUT2D eigenvalue weighted by Crippen LogP contribution is 2.03. The number of hydrogen-bond donors (Lipinski definition) is 1. The smallest absolute Gasteiger partial charge is 0.220 e. The fraction of sp³-hybridized carbons (Fsp3) is 0.533. The fourth-order valence-electron chi connectivity index (χ4n) is 2.17. The topological polar surface area (TPSA) is 71.5 Å². The lowest BCUT2D eigenvalue weighted by atomic mass is 10.1. The molecule has 1 aromatic heterocycles. The highest BCUT2D eigenvalue weighted by molar-refractivity contribution is 5.97. The molecule has 0 aromatic carbocycles. The number of carbonyl (C=O) groups excluding carboxylic acids is 2. The van der Waals surface area contributed by atoms with Gasteiger partial charge in [0.05, 0.1) is 13.2 Å². The Labute approximate surface area is 124 Å². The van der Waals surface area contributed by atoms with Crippen LogP contribution in [0.1, 0.15) is 23.2 Å². The highest BCUT2D eigenvalue weighted by atomic mass is 16.5. The summed E-state index contributed by atoms with van der Waals surface area (Å²) in [7, 11) is 0. The first-order valence-corrected chi connectivity index (χ1v) is 7.26. The summed E-state index contributed by atoms with van der Waals surface area (Å²) in [5, 5.41) is 2.85. The largest absolute Gasteiger partial charge is 0.379 e. The summed E-state index contributed by atoms with van der Waals surface area (Å²) in [5.74, 6) is -0.132. The zero-order chi connectivity index (χ0) is 14.9. The molecular formula is C15H21N3O3. The molecule has 21 heavy (non-hydrogen) atoms. The number of carbonyl (C=O) groups is 2. The van der Waals surface area contributed by atoms with Crippen LogP contribution >= 0.6 is 0 Å². The van der Waals surface area contributed by atoms with E-state index in [0.717, 1.165) is 32.8 Å². The predicted octanol–water partition coefficient (Wildman–Crippen LogP) is 0.493. The zero-order valence-corrected chi connectivity index (χ0v) is 12.1. The van der Waals surface area contributed by atoms with Crippen molar-refractivity contribution in [3.63, 3.8) is 0 Å². The van der Waals surface area contributed by atoms with Crippen LogP contribution in [-0.4, -0.2) is 61.0 Å². The first kappa shape index (κ1) is 15.6. The Morgan fingerprint density at radius 1 is 1.29 bits per heavy atom. The number of Topliss-reactive ketones (excluding diaryl/α,β-unsaturated/α-hetero) is 1. The van der Waals surface area contributed by atoms with Gasteiger partial charge in [-0.05, 0) is 12.1 Å². The second-order valence-corrected chi connectivity index (χ2v) is 4.97. The Morgan fingerprint density at radius 3 is 2.81 bits per heavy atom. The number of nitrogens with zero attached hydrogens (tertiary/aromatic N) is 2. The van der Waals surface area contributed by atoms with Gasteiger partial charge in [-0.3, -0.25) is 19.5 Å². The van der Waals surface area contributed by atoms with Crippen LogP contribution in [0.4, 0.5) is 0 Å². The van der Waals surface area contributed by atoms with E-state index in [1.54, 1.807) is 18.3 Å². The summed E-state index contributed by atoms with van der Waals surface area (Å²) in [6.07, 6.45) is 3.58. The molecule has 0 unspecified atom stereocenters. The minimum Gasteiger partial charge on any atom is -0.379 e. The van der Waals surface area contributed by atoms with E-state index in [2.05, 4.69) is 15.2 Å². The second-order valence-electron chi connectivity index (χ2n) is 4.97. The molecule has 1 aliphatic rings. The van der Waals surface area contributed by atoms with Crippen LogP contribution in [0.2, 0.25) is 0 Å². The van der Waals surface area contributed by atoms with Crippen molar-refractivity contribution in [2.75, 3.05) is 39.4 Å². The molecule has 1 amide bonds. The van der Waals surface area contributed by atoms with Crippen molar-refractivity contribution in [2.45, 2.75) is 12.8 Å². The third kappa shape index (κ3) is 5.61. The number of ether oxygens (including phenoxy) is 1. The number of pyridine rings is 1. The lowest BCUT2D eigenvalue weighted by molar-refractivity contribution is -0.121. The minimum absolute atomic E-state index is 0.0496. The number of morpholine rings is 1. The van der Waals surface area contributed by atoms with Gasteiger partial charge in [-0.2, -0.15) is 0 Å². The lowest BCUT2D eigenvalue weighted by Crippen LogP contribution is -2.41. The molecule has 0 spiro atoms. The maximum Gasteiger partial charge on any atom is 0.220 e. The van der Waals surface area contributed by atoms with Gasteiger partial charge in [0.15, 0.2) is 5.78 Å². The Hall–Kier alpha value is -1.79. The number of amides is 1. The van der Waals surface area contributed by atoms with Gasteiger partial charge < -0.3 is 10.1 Å². The quantitative estimate of drug-likeness (QED) is 0.740. The summed E-state index contributed by atoms with van der Waals surface area (Å²) in [5.41, 5.74) is 0.554. The van der Waals surface area contributed by atoms with Gasteiger partial charge in [-0.1, -0.05) is 0 Å². The van der Waals surface area contributed by atoms with Gasteiger partial charge in [0.25, 0.3) is 0 Å². The molecule has 1 aromatic rings. The van der Waals surface area contributed by atoms with Crippen molar-refractivity contribution in [3.8, 4) is 0 Å².